The molecule has 3 rings (SSSR count). The summed E-state index contributed by atoms with van der Waals surface area (Å²) in [5.41, 5.74) is 0.947. The highest BCUT2D eigenvalue weighted by molar-refractivity contribution is 8.14. The first kappa shape index (κ1) is 15.6. The number of piperidine rings is 1. The maximum atomic E-state index is 12.5. The Morgan fingerprint density at radius 3 is 2.61 bits per heavy atom. The zero-order valence-corrected chi connectivity index (χ0v) is 13.2. The lowest BCUT2D eigenvalue weighted by Gasteiger charge is -2.35. The Labute approximate surface area is 138 Å². The number of amides is 3. The Bertz CT molecular complexity index is 689. The van der Waals surface area contributed by atoms with E-state index in [1.54, 1.807) is 29.2 Å². The predicted octanol–water partition coefficient (Wildman–Crippen LogP) is 1.86. The van der Waals surface area contributed by atoms with Crippen molar-refractivity contribution in [3.05, 3.63) is 35.4 Å². The van der Waals surface area contributed by atoms with Gasteiger partial charge in [-0.05, 0) is 31.0 Å². The Kier molecular flexibility index (Phi) is 4.35. The van der Waals surface area contributed by atoms with Gasteiger partial charge in [0.1, 0.15) is 0 Å². The Hall–Kier alpha value is -2.33. The summed E-state index contributed by atoms with van der Waals surface area (Å²) in [5.74, 6) is -0.0284. The van der Waals surface area contributed by atoms with Crippen LogP contribution in [0.1, 0.15) is 28.8 Å². The molecule has 0 bridgehead atoms. The van der Waals surface area contributed by atoms with Crippen LogP contribution in [-0.4, -0.2) is 51.7 Å². The average Bonchev–Trinajstić information content (AvgIpc) is 2.93. The van der Waals surface area contributed by atoms with Crippen molar-refractivity contribution < 1.29 is 14.4 Å². The van der Waals surface area contributed by atoms with Crippen molar-refractivity contribution in [1.82, 2.24) is 9.80 Å². The fourth-order valence-corrected chi connectivity index (χ4v) is 3.72. The van der Waals surface area contributed by atoms with Gasteiger partial charge in [-0.2, -0.15) is 5.26 Å². The lowest BCUT2D eigenvalue weighted by atomic mass is 10.0. The van der Waals surface area contributed by atoms with Gasteiger partial charge in [0.25, 0.3) is 11.1 Å². The monoisotopic (exact) mass is 329 g/mol. The molecule has 0 unspecified atom stereocenters. The summed E-state index contributed by atoms with van der Waals surface area (Å²) in [6.45, 7) is 1.00. The van der Waals surface area contributed by atoms with Gasteiger partial charge < -0.3 is 4.90 Å². The normalized spacial score (nSPS) is 19.1. The molecular formula is C16H15N3O3S. The van der Waals surface area contributed by atoms with E-state index in [0.29, 0.717) is 37.1 Å². The second kappa shape index (κ2) is 6.42. The van der Waals surface area contributed by atoms with Crippen LogP contribution in [-0.2, 0) is 4.79 Å². The summed E-state index contributed by atoms with van der Waals surface area (Å²) < 4.78 is 0. The molecule has 118 valence electrons. The van der Waals surface area contributed by atoms with Gasteiger partial charge in [-0.3, -0.25) is 19.3 Å². The number of nitrogens with zero attached hydrogens (tertiary/aromatic N) is 3. The van der Waals surface area contributed by atoms with Crippen LogP contribution < -0.4 is 0 Å². The van der Waals surface area contributed by atoms with Gasteiger partial charge in [-0.25, -0.2) is 0 Å². The van der Waals surface area contributed by atoms with E-state index >= 15 is 0 Å². The van der Waals surface area contributed by atoms with E-state index in [-0.39, 0.29) is 28.8 Å². The molecule has 0 N–H and O–H groups in total. The number of imide groups is 1. The number of hydrogen-bond acceptors (Lipinski definition) is 5. The fourth-order valence-electron chi connectivity index (χ4n) is 2.95. The van der Waals surface area contributed by atoms with Gasteiger partial charge in [0.05, 0.1) is 17.4 Å². The molecule has 0 aromatic heterocycles. The van der Waals surface area contributed by atoms with E-state index in [0.717, 1.165) is 11.8 Å². The van der Waals surface area contributed by atoms with E-state index < -0.39 is 0 Å². The first-order valence-corrected chi connectivity index (χ1v) is 8.37. The van der Waals surface area contributed by atoms with Crippen molar-refractivity contribution in [1.29, 1.82) is 5.26 Å². The molecule has 2 saturated heterocycles. The van der Waals surface area contributed by atoms with Crippen molar-refractivity contribution in [2.45, 2.75) is 18.9 Å². The molecule has 2 fully saturated rings. The molecule has 2 aliphatic rings. The molecule has 0 saturated carbocycles. The summed E-state index contributed by atoms with van der Waals surface area (Å²) in [5, 5.41) is 8.73. The third-order valence-electron chi connectivity index (χ3n) is 4.14. The van der Waals surface area contributed by atoms with Crippen LogP contribution in [0.25, 0.3) is 0 Å². The van der Waals surface area contributed by atoms with Crippen molar-refractivity contribution >= 4 is 28.8 Å². The summed E-state index contributed by atoms with van der Waals surface area (Å²) >= 11 is 1.04. The molecule has 3 amide bonds. The minimum atomic E-state index is -0.179. The van der Waals surface area contributed by atoms with Crippen molar-refractivity contribution in [2.24, 2.45) is 0 Å². The van der Waals surface area contributed by atoms with Crippen molar-refractivity contribution in [3.8, 4) is 6.07 Å². The first-order chi connectivity index (χ1) is 11.1. The van der Waals surface area contributed by atoms with E-state index in [1.807, 2.05) is 6.07 Å². The number of nitriles is 1. The minimum absolute atomic E-state index is 0.112. The smallest absolute Gasteiger partial charge is 0.289 e. The molecule has 0 aliphatic carbocycles. The number of hydrogen-bond donors (Lipinski definition) is 0. The molecule has 0 radical (unpaired) electrons. The summed E-state index contributed by atoms with van der Waals surface area (Å²) in [6.07, 6.45) is 1.20. The fraction of sp³-hybridized carbons (Fsp3) is 0.375. The second-order valence-electron chi connectivity index (χ2n) is 5.53. The molecule has 1 aromatic carbocycles. The Morgan fingerprint density at radius 2 is 2.00 bits per heavy atom. The summed E-state index contributed by atoms with van der Waals surface area (Å²) in [6, 6.07) is 8.54. The van der Waals surface area contributed by atoms with Crippen LogP contribution in [0.15, 0.2) is 24.3 Å². The average molecular weight is 329 g/mol. The van der Waals surface area contributed by atoms with Crippen molar-refractivity contribution in [3.63, 3.8) is 0 Å². The SMILES string of the molecule is N#Cc1cccc(C(=O)N2CCC(N3C(=O)CSC3=O)CC2)c1. The number of thioether (sulfide) groups is 1. The number of benzene rings is 1. The second-order valence-corrected chi connectivity index (χ2v) is 6.46. The quantitative estimate of drug-likeness (QED) is 0.827. The molecule has 0 atom stereocenters. The van der Waals surface area contributed by atoms with Crippen LogP contribution >= 0.6 is 11.8 Å². The molecule has 23 heavy (non-hydrogen) atoms. The van der Waals surface area contributed by atoms with Crippen LogP contribution in [0.2, 0.25) is 0 Å². The highest BCUT2D eigenvalue weighted by atomic mass is 32.2. The lowest BCUT2D eigenvalue weighted by molar-refractivity contribution is -0.126. The predicted molar refractivity (Wildman–Crippen MR) is 84.8 cm³/mol. The maximum Gasteiger partial charge on any atom is 0.289 e. The van der Waals surface area contributed by atoms with Crippen LogP contribution in [0, 0.1) is 11.3 Å². The third kappa shape index (κ3) is 3.08. The number of rotatable bonds is 2. The molecule has 0 spiro atoms. The number of carbonyl (C=O) groups is 3. The van der Waals surface area contributed by atoms with E-state index in [9.17, 15) is 14.4 Å². The van der Waals surface area contributed by atoms with Gasteiger partial charge in [0.2, 0.25) is 5.91 Å². The standard InChI is InChI=1S/C16H15N3O3S/c17-9-11-2-1-3-12(8-11)15(21)18-6-4-13(5-7-18)19-14(20)10-23-16(19)22/h1-3,8,13H,4-7,10H2. The van der Waals surface area contributed by atoms with Gasteiger partial charge in [0, 0.05) is 24.7 Å². The van der Waals surface area contributed by atoms with Crippen LogP contribution in [0.3, 0.4) is 0 Å². The summed E-state index contributed by atoms with van der Waals surface area (Å²) in [4.78, 5) is 39.1. The van der Waals surface area contributed by atoms with Crippen molar-refractivity contribution in [2.75, 3.05) is 18.8 Å². The van der Waals surface area contributed by atoms with Gasteiger partial charge >= 0.3 is 0 Å². The molecular weight excluding hydrogens is 314 g/mol. The largest absolute Gasteiger partial charge is 0.338 e. The summed E-state index contributed by atoms with van der Waals surface area (Å²) in [7, 11) is 0. The zero-order valence-electron chi connectivity index (χ0n) is 12.4. The molecule has 7 heteroatoms. The lowest BCUT2D eigenvalue weighted by Crippen LogP contribution is -2.48. The molecule has 1 aromatic rings. The topological polar surface area (TPSA) is 81.5 Å². The first-order valence-electron chi connectivity index (χ1n) is 7.38. The highest BCUT2D eigenvalue weighted by Crippen LogP contribution is 2.27. The van der Waals surface area contributed by atoms with E-state index in [1.165, 1.54) is 4.90 Å². The minimum Gasteiger partial charge on any atom is -0.338 e. The van der Waals surface area contributed by atoms with Gasteiger partial charge in [-0.15, -0.1) is 0 Å². The van der Waals surface area contributed by atoms with Crippen LogP contribution in [0.4, 0.5) is 4.79 Å². The van der Waals surface area contributed by atoms with E-state index in [4.69, 9.17) is 5.26 Å². The third-order valence-corrected chi connectivity index (χ3v) is 4.97. The molecule has 6 nitrogen and oxygen atoms in total. The van der Waals surface area contributed by atoms with Gasteiger partial charge in [0.15, 0.2) is 0 Å². The molecule has 2 heterocycles. The van der Waals surface area contributed by atoms with Gasteiger partial charge in [-0.1, -0.05) is 17.8 Å². The maximum absolute atomic E-state index is 12.5. The van der Waals surface area contributed by atoms with E-state index in [2.05, 4.69) is 0 Å². The van der Waals surface area contributed by atoms with Crippen LogP contribution in [0.5, 0.6) is 0 Å². The zero-order chi connectivity index (χ0) is 16.4. The number of carbonyl (C=O) groups excluding carboxylic acids is 3. The Morgan fingerprint density at radius 1 is 1.26 bits per heavy atom. The highest BCUT2D eigenvalue weighted by Gasteiger charge is 2.38. The Balaban J connectivity index is 1.64. The molecule has 2 aliphatic heterocycles. The number of likely N-dealkylation sites (tertiary alicyclic amines) is 1.